The molecule has 2 atom stereocenters. The SMILES string of the molecule is CC1CC1C(=O)NCCCC1CCCCC1. The Morgan fingerprint density at radius 3 is 2.56 bits per heavy atom. The van der Waals surface area contributed by atoms with Crippen molar-refractivity contribution in [1.82, 2.24) is 5.32 Å². The molecule has 2 aliphatic rings. The molecule has 0 radical (unpaired) electrons. The molecule has 2 nitrogen and oxygen atoms in total. The molecule has 0 spiro atoms. The van der Waals surface area contributed by atoms with Crippen LogP contribution in [-0.2, 0) is 4.79 Å². The first-order valence-electron chi connectivity index (χ1n) is 7.05. The van der Waals surface area contributed by atoms with Crippen LogP contribution in [-0.4, -0.2) is 12.5 Å². The van der Waals surface area contributed by atoms with Gasteiger partial charge in [-0.05, 0) is 31.1 Å². The summed E-state index contributed by atoms with van der Waals surface area (Å²) in [6.45, 7) is 3.06. The Morgan fingerprint density at radius 2 is 1.94 bits per heavy atom. The van der Waals surface area contributed by atoms with Crippen LogP contribution < -0.4 is 5.32 Å². The highest BCUT2D eigenvalue weighted by molar-refractivity contribution is 5.81. The summed E-state index contributed by atoms with van der Waals surface area (Å²) < 4.78 is 0. The molecule has 0 aromatic rings. The van der Waals surface area contributed by atoms with Crippen molar-refractivity contribution in [2.24, 2.45) is 17.8 Å². The second-order valence-corrected chi connectivity index (χ2v) is 5.76. The van der Waals surface area contributed by atoms with Gasteiger partial charge in [0.25, 0.3) is 0 Å². The number of carbonyl (C=O) groups excluding carboxylic acids is 1. The minimum Gasteiger partial charge on any atom is -0.356 e. The van der Waals surface area contributed by atoms with Crippen molar-refractivity contribution in [3.63, 3.8) is 0 Å². The van der Waals surface area contributed by atoms with Crippen molar-refractivity contribution in [3.8, 4) is 0 Å². The summed E-state index contributed by atoms with van der Waals surface area (Å²) in [5.41, 5.74) is 0. The fourth-order valence-electron chi connectivity index (χ4n) is 2.90. The highest BCUT2D eigenvalue weighted by Gasteiger charge is 2.38. The van der Waals surface area contributed by atoms with Crippen LogP contribution in [0.5, 0.6) is 0 Å². The van der Waals surface area contributed by atoms with Gasteiger partial charge in [0.2, 0.25) is 5.91 Å². The van der Waals surface area contributed by atoms with Gasteiger partial charge < -0.3 is 5.32 Å². The van der Waals surface area contributed by atoms with E-state index < -0.39 is 0 Å². The van der Waals surface area contributed by atoms with Crippen LogP contribution in [0.25, 0.3) is 0 Å². The standard InChI is InChI=1S/C14H25NO/c1-11-10-13(11)14(16)15-9-5-8-12-6-3-2-4-7-12/h11-13H,2-10H2,1H3,(H,15,16). The van der Waals surface area contributed by atoms with Crippen molar-refractivity contribution in [1.29, 1.82) is 0 Å². The first kappa shape index (κ1) is 11.9. The van der Waals surface area contributed by atoms with E-state index in [9.17, 15) is 4.79 Å². The molecule has 92 valence electrons. The van der Waals surface area contributed by atoms with Gasteiger partial charge in [-0.3, -0.25) is 4.79 Å². The number of carbonyl (C=O) groups is 1. The van der Waals surface area contributed by atoms with E-state index in [0.717, 1.165) is 18.9 Å². The first-order chi connectivity index (χ1) is 7.77. The fraction of sp³-hybridized carbons (Fsp3) is 0.929. The maximum absolute atomic E-state index is 11.6. The zero-order valence-electron chi connectivity index (χ0n) is 10.5. The second kappa shape index (κ2) is 5.70. The lowest BCUT2D eigenvalue weighted by molar-refractivity contribution is -0.122. The van der Waals surface area contributed by atoms with Crippen LogP contribution in [0.2, 0.25) is 0 Å². The van der Waals surface area contributed by atoms with E-state index in [4.69, 9.17) is 0 Å². The molecule has 2 unspecified atom stereocenters. The summed E-state index contributed by atoms with van der Waals surface area (Å²) in [5, 5.41) is 3.08. The molecule has 16 heavy (non-hydrogen) atoms. The average Bonchev–Trinajstić information content (AvgIpc) is 3.03. The zero-order valence-corrected chi connectivity index (χ0v) is 10.5. The van der Waals surface area contributed by atoms with Gasteiger partial charge in [0.1, 0.15) is 0 Å². The molecule has 0 aromatic carbocycles. The third-order valence-electron chi connectivity index (χ3n) is 4.26. The molecule has 0 bridgehead atoms. The van der Waals surface area contributed by atoms with E-state index in [0.29, 0.717) is 17.7 Å². The van der Waals surface area contributed by atoms with E-state index in [1.165, 1.54) is 44.9 Å². The minimum atomic E-state index is 0.302. The van der Waals surface area contributed by atoms with Gasteiger partial charge in [-0.1, -0.05) is 39.0 Å². The first-order valence-corrected chi connectivity index (χ1v) is 7.05. The molecule has 1 amide bonds. The van der Waals surface area contributed by atoms with Crippen LogP contribution in [0.3, 0.4) is 0 Å². The molecular formula is C14H25NO. The summed E-state index contributed by atoms with van der Waals surface area (Å²) in [5.74, 6) is 2.23. The lowest BCUT2D eigenvalue weighted by Crippen LogP contribution is -2.26. The summed E-state index contributed by atoms with van der Waals surface area (Å²) in [4.78, 5) is 11.6. The highest BCUT2D eigenvalue weighted by Crippen LogP contribution is 2.37. The molecule has 2 rings (SSSR count). The summed E-state index contributed by atoms with van der Waals surface area (Å²) in [7, 11) is 0. The van der Waals surface area contributed by atoms with Crippen molar-refractivity contribution in [3.05, 3.63) is 0 Å². The van der Waals surface area contributed by atoms with E-state index in [2.05, 4.69) is 12.2 Å². The predicted octanol–water partition coefficient (Wildman–Crippen LogP) is 3.12. The topological polar surface area (TPSA) is 29.1 Å². The summed E-state index contributed by atoms with van der Waals surface area (Å²) >= 11 is 0. The van der Waals surface area contributed by atoms with Crippen LogP contribution >= 0.6 is 0 Å². The van der Waals surface area contributed by atoms with Gasteiger partial charge >= 0.3 is 0 Å². The van der Waals surface area contributed by atoms with Crippen LogP contribution in [0.1, 0.15) is 58.3 Å². The van der Waals surface area contributed by atoms with Gasteiger partial charge in [-0.25, -0.2) is 0 Å². The van der Waals surface area contributed by atoms with Crippen LogP contribution in [0.4, 0.5) is 0 Å². The normalized spacial score (nSPS) is 30.1. The molecular weight excluding hydrogens is 198 g/mol. The lowest BCUT2D eigenvalue weighted by atomic mass is 9.86. The summed E-state index contributed by atoms with van der Waals surface area (Å²) in [6, 6.07) is 0. The molecule has 0 saturated heterocycles. The van der Waals surface area contributed by atoms with Crippen LogP contribution in [0.15, 0.2) is 0 Å². The highest BCUT2D eigenvalue weighted by atomic mass is 16.2. The number of nitrogens with one attached hydrogen (secondary N) is 1. The number of hydrogen-bond donors (Lipinski definition) is 1. The average molecular weight is 223 g/mol. The third kappa shape index (κ3) is 3.50. The Morgan fingerprint density at radius 1 is 1.25 bits per heavy atom. The third-order valence-corrected chi connectivity index (χ3v) is 4.26. The number of hydrogen-bond acceptors (Lipinski definition) is 1. The quantitative estimate of drug-likeness (QED) is 0.713. The molecule has 2 saturated carbocycles. The maximum atomic E-state index is 11.6. The van der Waals surface area contributed by atoms with Gasteiger partial charge in [-0.2, -0.15) is 0 Å². The van der Waals surface area contributed by atoms with Gasteiger partial charge in [0.05, 0.1) is 0 Å². The Labute approximate surface area is 99.2 Å². The number of amides is 1. The van der Waals surface area contributed by atoms with E-state index in [1.54, 1.807) is 0 Å². The van der Waals surface area contributed by atoms with Gasteiger partial charge in [0, 0.05) is 12.5 Å². The van der Waals surface area contributed by atoms with Gasteiger partial charge in [-0.15, -0.1) is 0 Å². The Hall–Kier alpha value is -0.530. The molecule has 0 heterocycles. The molecule has 2 heteroatoms. The van der Waals surface area contributed by atoms with E-state index in [1.807, 2.05) is 0 Å². The largest absolute Gasteiger partial charge is 0.356 e. The second-order valence-electron chi connectivity index (χ2n) is 5.76. The minimum absolute atomic E-state index is 0.302. The van der Waals surface area contributed by atoms with Crippen molar-refractivity contribution >= 4 is 5.91 Å². The fourth-order valence-corrected chi connectivity index (χ4v) is 2.90. The number of rotatable bonds is 5. The molecule has 0 aliphatic heterocycles. The molecule has 2 fully saturated rings. The van der Waals surface area contributed by atoms with Crippen molar-refractivity contribution in [2.75, 3.05) is 6.54 Å². The summed E-state index contributed by atoms with van der Waals surface area (Å²) in [6.07, 6.45) is 10.7. The lowest BCUT2D eigenvalue weighted by Gasteiger charge is -2.21. The van der Waals surface area contributed by atoms with Crippen molar-refractivity contribution < 1.29 is 4.79 Å². The molecule has 2 aliphatic carbocycles. The van der Waals surface area contributed by atoms with Crippen molar-refractivity contribution in [2.45, 2.75) is 58.3 Å². The molecule has 0 aromatic heterocycles. The maximum Gasteiger partial charge on any atom is 0.223 e. The van der Waals surface area contributed by atoms with E-state index in [-0.39, 0.29) is 0 Å². The Kier molecular flexibility index (Phi) is 4.25. The zero-order chi connectivity index (χ0) is 11.4. The molecule has 1 N–H and O–H groups in total. The Bertz CT molecular complexity index is 233. The van der Waals surface area contributed by atoms with E-state index >= 15 is 0 Å². The predicted molar refractivity (Wildman–Crippen MR) is 66.1 cm³/mol. The monoisotopic (exact) mass is 223 g/mol. The smallest absolute Gasteiger partial charge is 0.223 e. The van der Waals surface area contributed by atoms with Gasteiger partial charge in [0.15, 0.2) is 0 Å². The van der Waals surface area contributed by atoms with Crippen LogP contribution in [0, 0.1) is 17.8 Å². The Balaban J connectivity index is 1.49.